The van der Waals surface area contributed by atoms with E-state index in [1.54, 1.807) is 6.07 Å². The fourth-order valence-corrected chi connectivity index (χ4v) is 5.21. The van der Waals surface area contributed by atoms with E-state index >= 15 is 0 Å². The van der Waals surface area contributed by atoms with E-state index in [9.17, 15) is 0 Å². The molecule has 0 unspecified atom stereocenters. The van der Waals surface area contributed by atoms with Crippen LogP contribution in [0.3, 0.4) is 0 Å². The van der Waals surface area contributed by atoms with Crippen LogP contribution in [-0.2, 0) is 6.42 Å². The van der Waals surface area contributed by atoms with Crippen LogP contribution in [0.4, 0.5) is 5.69 Å². The molecule has 2 aliphatic heterocycles. The molecule has 0 spiro atoms. The summed E-state index contributed by atoms with van der Waals surface area (Å²) in [6.07, 6.45) is 9.44. The van der Waals surface area contributed by atoms with Crippen molar-refractivity contribution in [3.05, 3.63) is 22.5 Å². The van der Waals surface area contributed by atoms with Crippen molar-refractivity contribution in [3.63, 3.8) is 0 Å². The molecular formula is C21H27ClN4O2. The van der Waals surface area contributed by atoms with Crippen LogP contribution in [0.5, 0.6) is 5.75 Å². The second-order valence-corrected chi connectivity index (χ2v) is 8.68. The summed E-state index contributed by atoms with van der Waals surface area (Å²) in [7, 11) is 0. The second-order valence-electron chi connectivity index (χ2n) is 8.27. The molecule has 2 N–H and O–H groups in total. The molecule has 0 amide bonds. The standard InChI is InChI=1S/C21H27ClN4O2/c22-17-12-16(19-15(18(17)23)6-3-11-27-19)21-25-24-20(28-21)13-7-9-26(10-8-13)14-4-1-2-5-14/h12-14H,1-11,23H2. The molecule has 0 radical (unpaired) electrons. The summed E-state index contributed by atoms with van der Waals surface area (Å²) in [5.41, 5.74) is 8.47. The lowest BCUT2D eigenvalue weighted by Crippen LogP contribution is -2.39. The first-order valence-electron chi connectivity index (χ1n) is 10.5. The molecule has 7 heteroatoms. The maximum atomic E-state index is 6.36. The van der Waals surface area contributed by atoms with Gasteiger partial charge in [0.15, 0.2) is 0 Å². The molecular weight excluding hydrogens is 376 g/mol. The van der Waals surface area contributed by atoms with Crippen molar-refractivity contribution in [2.75, 3.05) is 25.4 Å². The average Bonchev–Trinajstić information content (AvgIpc) is 3.43. The molecule has 1 aliphatic carbocycles. The van der Waals surface area contributed by atoms with Gasteiger partial charge in [-0.05, 0) is 57.7 Å². The number of likely N-dealkylation sites (tertiary alicyclic amines) is 1. The third-order valence-electron chi connectivity index (χ3n) is 6.58. The van der Waals surface area contributed by atoms with Gasteiger partial charge in [-0.3, -0.25) is 0 Å². The lowest BCUT2D eigenvalue weighted by Gasteiger charge is -2.34. The van der Waals surface area contributed by atoms with Crippen LogP contribution in [0.15, 0.2) is 10.5 Å². The molecule has 0 atom stereocenters. The van der Waals surface area contributed by atoms with Crippen LogP contribution in [0.2, 0.25) is 5.02 Å². The summed E-state index contributed by atoms with van der Waals surface area (Å²) in [4.78, 5) is 2.66. The highest BCUT2D eigenvalue weighted by atomic mass is 35.5. The van der Waals surface area contributed by atoms with E-state index in [0.717, 1.165) is 67.6 Å². The van der Waals surface area contributed by atoms with E-state index in [0.29, 0.717) is 29.1 Å². The number of hydrogen-bond acceptors (Lipinski definition) is 6. The zero-order valence-electron chi connectivity index (χ0n) is 16.1. The van der Waals surface area contributed by atoms with Crippen molar-refractivity contribution >= 4 is 17.3 Å². The molecule has 5 rings (SSSR count). The Hall–Kier alpha value is -1.79. The van der Waals surface area contributed by atoms with Crippen LogP contribution in [0.25, 0.3) is 11.5 Å². The average molecular weight is 403 g/mol. The van der Waals surface area contributed by atoms with Crippen molar-refractivity contribution in [2.45, 2.75) is 63.3 Å². The quantitative estimate of drug-likeness (QED) is 0.765. The number of aromatic nitrogens is 2. The number of halogens is 1. The summed E-state index contributed by atoms with van der Waals surface area (Å²) in [5.74, 6) is 2.30. The van der Waals surface area contributed by atoms with E-state index in [1.807, 2.05) is 0 Å². The van der Waals surface area contributed by atoms with Crippen LogP contribution >= 0.6 is 11.6 Å². The van der Waals surface area contributed by atoms with E-state index in [1.165, 1.54) is 25.7 Å². The van der Waals surface area contributed by atoms with E-state index < -0.39 is 0 Å². The summed E-state index contributed by atoms with van der Waals surface area (Å²) >= 11 is 6.36. The zero-order chi connectivity index (χ0) is 19.1. The van der Waals surface area contributed by atoms with Crippen molar-refractivity contribution in [1.82, 2.24) is 15.1 Å². The topological polar surface area (TPSA) is 77.4 Å². The maximum absolute atomic E-state index is 6.36. The number of rotatable bonds is 3. The molecule has 28 heavy (non-hydrogen) atoms. The van der Waals surface area contributed by atoms with Crippen LogP contribution in [0, 0.1) is 0 Å². The summed E-state index contributed by atoms with van der Waals surface area (Å²) in [6.45, 7) is 2.92. The normalized spacial score (nSPS) is 21.6. The van der Waals surface area contributed by atoms with Gasteiger partial charge in [0.1, 0.15) is 5.75 Å². The fraction of sp³-hybridized carbons (Fsp3) is 0.619. The van der Waals surface area contributed by atoms with Gasteiger partial charge in [0.25, 0.3) is 5.89 Å². The Bertz CT molecular complexity index is 854. The van der Waals surface area contributed by atoms with Gasteiger partial charge in [0.05, 0.1) is 22.9 Å². The maximum Gasteiger partial charge on any atom is 0.251 e. The zero-order valence-corrected chi connectivity index (χ0v) is 16.9. The van der Waals surface area contributed by atoms with Gasteiger partial charge in [0, 0.05) is 17.5 Å². The summed E-state index contributed by atoms with van der Waals surface area (Å²) in [6, 6.07) is 2.58. The van der Waals surface area contributed by atoms with Gasteiger partial charge in [-0.15, -0.1) is 10.2 Å². The number of anilines is 1. The lowest BCUT2D eigenvalue weighted by molar-refractivity contribution is 0.147. The smallest absolute Gasteiger partial charge is 0.251 e. The first-order chi connectivity index (χ1) is 13.7. The van der Waals surface area contributed by atoms with E-state index in [4.69, 9.17) is 26.5 Å². The minimum atomic E-state index is 0.333. The van der Waals surface area contributed by atoms with Gasteiger partial charge in [-0.1, -0.05) is 24.4 Å². The molecule has 2 fully saturated rings. The number of hydrogen-bond donors (Lipinski definition) is 1. The van der Waals surface area contributed by atoms with Crippen molar-refractivity contribution in [1.29, 1.82) is 0 Å². The monoisotopic (exact) mass is 402 g/mol. The molecule has 1 aromatic heterocycles. The highest BCUT2D eigenvalue weighted by Crippen LogP contribution is 2.43. The third kappa shape index (κ3) is 3.26. The Labute approximate surface area is 170 Å². The number of ether oxygens (including phenoxy) is 1. The number of piperidine rings is 1. The lowest BCUT2D eigenvalue weighted by atomic mass is 9.95. The number of nitrogens with two attached hydrogens (primary N) is 1. The third-order valence-corrected chi connectivity index (χ3v) is 6.89. The second kappa shape index (κ2) is 7.56. The summed E-state index contributed by atoms with van der Waals surface area (Å²) < 4.78 is 12.0. The van der Waals surface area contributed by atoms with Gasteiger partial charge >= 0.3 is 0 Å². The van der Waals surface area contributed by atoms with Crippen LogP contribution in [-0.4, -0.2) is 40.8 Å². The van der Waals surface area contributed by atoms with Crippen molar-refractivity contribution < 1.29 is 9.15 Å². The highest BCUT2D eigenvalue weighted by Gasteiger charge is 2.31. The van der Waals surface area contributed by atoms with Gasteiger partial charge in [0.2, 0.25) is 5.89 Å². The highest BCUT2D eigenvalue weighted by molar-refractivity contribution is 6.33. The SMILES string of the molecule is Nc1c(Cl)cc(-c2nnc(C3CCN(C4CCCC4)CC3)o2)c2c1CCCO2. The molecule has 150 valence electrons. The van der Waals surface area contributed by atoms with E-state index in [-0.39, 0.29) is 0 Å². The molecule has 3 aliphatic rings. The van der Waals surface area contributed by atoms with Crippen molar-refractivity contribution in [2.24, 2.45) is 0 Å². The van der Waals surface area contributed by atoms with E-state index in [2.05, 4.69) is 15.1 Å². The first kappa shape index (κ1) is 18.3. The van der Waals surface area contributed by atoms with Gasteiger partial charge < -0.3 is 19.8 Å². The minimum absolute atomic E-state index is 0.333. The largest absolute Gasteiger partial charge is 0.492 e. The molecule has 3 heterocycles. The molecule has 1 saturated heterocycles. The van der Waals surface area contributed by atoms with Gasteiger partial charge in [-0.25, -0.2) is 0 Å². The van der Waals surface area contributed by atoms with Crippen LogP contribution in [0.1, 0.15) is 62.3 Å². The summed E-state index contributed by atoms with van der Waals surface area (Å²) in [5, 5.41) is 9.22. The Morgan fingerprint density at radius 2 is 1.86 bits per heavy atom. The first-order valence-corrected chi connectivity index (χ1v) is 10.9. The Morgan fingerprint density at radius 3 is 2.64 bits per heavy atom. The Kier molecular flexibility index (Phi) is 4.93. The predicted octanol–water partition coefficient (Wildman–Crippen LogP) is 4.42. The predicted molar refractivity (Wildman–Crippen MR) is 109 cm³/mol. The number of nitrogen functional groups attached to an aromatic ring is 1. The Balaban J connectivity index is 1.35. The molecule has 2 aromatic rings. The number of nitrogens with zero attached hydrogens (tertiary/aromatic N) is 3. The fourth-order valence-electron chi connectivity index (χ4n) is 4.98. The molecule has 1 saturated carbocycles. The minimum Gasteiger partial charge on any atom is -0.492 e. The number of fused-ring (bicyclic) bond motifs is 1. The molecule has 6 nitrogen and oxygen atoms in total. The molecule has 1 aromatic carbocycles. The van der Waals surface area contributed by atoms with Gasteiger partial charge in [-0.2, -0.15) is 0 Å². The number of benzene rings is 1. The van der Waals surface area contributed by atoms with Crippen molar-refractivity contribution in [3.8, 4) is 17.2 Å². The Morgan fingerprint density at radius 1 is 1.07 bits per heavy atom. The van der Waals surface area contributed by atoms with Crippen LogP contribution < -0.4 is 10.5 Å². The molecule has 0 bridgehead atoms.